The van der Waals surface area contributed by atoms with Crippen molar-refractivity contribution in [2.24, 2.45) is 5.73 Å². The van der Waals surface area contributed by atoms with Crippen LogP contribution in [0.1, 0.15) is 5.56 Å². The van der Waals surface area contributed by atoms with Crippen molar-refractivity contribution in [2.45, 2.75) is 11.3 Å². The fourth-order valence-corrected chi connectivity index (χ4v) is 2.91. The molecule has 90 valence electrons. The van der Waals surface area contributed by atoms with E-state index in [0.29, 0.717) is 23.9 Å². The highest BCUT2D eigenvalue weighted by molar-refractivity contribution is 7.86. The summed E-state index contributed by atoms with van der Waals surface area (Å²) in [5.74, 6) is 0. The van der Waals surface area contributed by atoms with Gasteiger partial charge in [0.1, 0.15) is 4.90 Å². The minimum absolute atomic E-state index is 0.0268. The second kappa shape index (κ2) is 4.44. The van der Waals surface area contributed by atoms with Gasteiger partial charge in [-0.1, -0.05) is 36.4 Å². The van der Waals surface area contributed by atoms with Crippen LogP contribution in [0, 0.1) is 0 Å². The molecule has 5 heteroatoms. The second-order valence-corrected chi connectivity index (χ2v) is 5.15. The molecule has 0 spiro atoms. The lowest BCUT2D eigenvalue weighted by atomic mass is 10.0. The van der Waals surface area contributed by atoms with Crippen molar-refractivity contribution in [1.82, 2.24) is 0 Å². The predicted molar refractivity (Wildman–Crippen MR) is 66.5 cm³/mol. The molecule has 2 aromatic carbocycles. The first kappa shape index (κ1) is 12.0. The Morgan fingerprint density at radius 3 is 2.47 bits per heavy atom. The largest absolute Gasteiger partial charge is 0.330 e. The van der Waals surface area contributed by atoms with Crippen LogP contribution in [-0.2, 0) is 16.5 Å². The van der Waals surface area contributed by atoms with E-state index < -0.39 is 10.1 Å². The number of nitrogens with two attached hydrogens (primary N) is 1. The standard InChI is InChI=1S/C12H13NO3S/c13-8-7-10-6-5-9-3-1-2-4-11(9)12(10)17(14,15)16/h1-6H,7-8,13H2,(H,14,15,16). The van der Waals surface area contributed by atoms with Gasteiger partial charge in [0.2, 0.25) is 0 Å². The zero-order chi connectivity index (χ0) is 12.5. The molecule has 3 N–H and O–H groups in total. The number of fused-ring (bicyclic) bond motifs is 1. The summed E-state index contributed by atoms with van der Waals surface area (Å²) in [6.45, 7) is 0.334. The summed E-state index contributed by atoms with van der Waals surface area (Å²) in [5, 5.41) is 1.31. The quantitative estimate of drug-likeness (QED) is 0.812. The number of hydrogen-bond acceptors (Lipinski definition) is 3. The number of rotatable bonds is 3. The van der Waals surface area contributed by atoms with E-state index >= 15 is 0 Å². The van der Waals surface area contributed by atoms with Crippen LogP contribution >= 0.6 is 0 Å². The predicted octanol–water partition coefficient (Wildman–Crippen LogP) is 1.59. The van der Waals surface area contributed by atoms with E-state index in [4.69, 9.17) is 5.73 Å². The van der Waals surface area contributed by atoms with Crippen LogP contribution in [0.3, 0.4) is 0 Å². The highest BCUT2D eigenvalue weighted by Crippen LogP contribution is 2.26. The van der Waals surface area contributed by atoms with Gasteiger partial charge in [-0.3, -0.25) is 4.55 Å². The minimum atomic E-state index is -4.24. The van der Waals surface area contributed by atoms with Crippen LogP contribution in [0.25, 0.3) is 10.8 Å². The Balaban J connectivity index is 2.85. The summed E-state index contributed by atoms with van der Waals surface area (Å²) in [6.07, 6.45) is 0.417. The molecule has 0 saturated heterocycles. The summed E-state index contributed by atoms with van der Waals surface area (Å²) in [5.41, 5.74) is 5.99. The van der Waals surface area contributed by atoms with Crippen LogP contribution < -0.4 is 5.73 Å². The third-order valence-electron chi connectivity index (χ3n) is 2.63. The maximum Gasteiger partial charge on any atom is 0.295 e. The van der Waals surface area contributed by atoms with Gasteiger partial charge < -0.3 is 5.73 Å². The topological polar surface area (TPSA) is 80.4 Å². The van der Waals surface area contributed by atoms with Gasteiger partial charge in [-0.2, -0.15) is 8.42 Å². The molecule has 4 nitrogen and oxygen atoms in total. The molecule has 0 atom stereocenters. The van der Waals surface area contributed by atoms with Crippen LogP contribution in [-0.4, -0.2) is 19.5 Å². The molecule has 0 aliphatic rings. The van der Waals surface area contributed by atoms with Crippen LogP contribution in [0.2, 0.25) is 0 Å². The first-order valence-electron chi connectivity index (χ1n) is 5.22. The molecule has 0 heterocycles. The van der Waals surface area contributed by atoms with Gasteiger partial charge in [-0.25, -0.2) is 0 Å². The summed E-state index contributed by atoms with van der Waals surface area (Å²) < 4.78 is 32.2. The molecule has 0 aliphatic heterocycles. The SMILES string of the molecule is NCCc1ccc2ccccc2c1S(=O)(=O)O. The summed E-state index contributed by atoms with van der Waals surface area (Å²) in [7, 11) is -4.24. The van der Waals surface area contributed by atoms with Gasteiger partial charge in [-0.15, -0.1) is 0 Å². The van der Waals surface area contributed by atoms with Crippen molar-refractivity contribution in [3.05, 3.63) is 42.0 Å². The number of hydrogen-bond donors (Lipinski definition) is 2. The minimum Gasteiger partial charge on any atom is -0.330 e. The van der Waals surface area contributed by atoms with E-state index in [2.05, 4.69) is 0 Å². The third kappa shape index (κ3) is 2.31. The molecular formula is C12H13NO3S. The Kier molecular flexibility index (Phi) is 3.15. The highest BCUT2D eigenvalue weighted by Gasteiger charge is 2.18. The van der Waals surface area contributed by atoms with E-state index in [1.54, 1.807) is 24.3 Å². The van der Waals surface area contributed by atoms with Gasteiger partial charge in [0, 0.05) is 5.39 Å². The molecule has 0 fully saturated rings. The van der Waals surface area contributed by atoms with E-state index in [-0.39, 0.29) is 4.90 Å². The summed E-state index contributed by atoms with van der Waals surface area (Å²) >= 11 is 0. The van der Waals surface area contributed by atoms with Gasteiger partial charge in [0.15, 0.2) is 0 Å². The lowest BCUT2D eigenvalue weighted by molar-refractivity contribution is 0.483. The van der Waals surface area contributed by atoms with Crippen LogP contribution in [0.4, 0.5) is 0 Å². The Labute approximate surface area is 99.8 Å². The van der Waals surface area contributed by atoms with E-state index in [1.165, 1.54) is 0 Å². The van der Waals surface area contributed by atoms with Crippen LogP contribution in [0.15, 0.2) is 41.3 Å². The molecule has 0 amide bonds. The second-order valence-electron chi connectivity index (χ2n) is 3.79. The molecule has 0 aliphatic carbocycles. The van der Waals surface area contributed by atoms with Crippen molar-refractivity contribution in [3.63, 3.8) is 0 Å². The van der Waals surface area contributed by atoms with Gasteiger partial charge in [0.05, 0.1) is 0 Å². The first-order chi connectivity index (χ1) is 8.04. The average Bonchev–Trinajstić information content (AvgIpc) is 2.27. The molecule has 2 rings (SSSR count). The van der Waals surface area contributed by atoms with E-state index in [1.807, 2.05) is 12.1 Å². The van der Waals surface area contributed by atoms with Gasteiger partial charge in [0.25, 0.3) is 10.1 Å². The summed E-state index contributed by atoms with van der Waals surface area (Å²) in [6, 6.07) is 10.6. The lowest BCUT2D eigenvalue weighted by Gasteiger charge is -2.09. The summed E-state index contributed by atoms with van der Waals surface area (Å²) in [4.78, 5) is -0.0268. The van der Waals surface area contributed by atoms with E-state index in [9.17, 15) is 13.0 Å². The molecule has 0 saturated carbocycles. The maximum absolute atomic E-state index is 11.5. The van der Waals surface area contributed by atoms with Crippen molar-refractivity contribution in [3.8, 4) is 0 Å². The lowest BCUT2D eigenvalue weighted by Crippen LogP contribution is -2.09. The zero-order valence-corrected chi connectivity index (χ0v) is 9.94. The average molecular weight is 251 g/mol. The first-order valence-corrected chi connectivity index (χ1v) is 6.66. The highest BCUT2D eigenvalue weighted by atomic mass is 32.2. The van der Waals surface area contributed by atoms with Gasteiger partial charge in [-0.05, 0) is 23.9 Å². The fourth-order valence-electron chi connectivity index (χ4n) is 1.95. The Morgan fingerprint density at radius 1 is 1.12 bits per heavy atom. The Morgan fingerprint density at radius 2 is 1.82 bits per heavy atom. The molecule has 0 aromatic heterocycles. The maximum atomic E-state index is 11.5. The fraction of sp³-hybridized carbons (Fsp3) is 0.167. The van der Waals surface area contributed by atoms with Crippen molar-refractivity contribution >= 4 is 20.9 Å². The van der Waals surface area contributed by atoms with E-state index in [0.717, 1.165) is 5.39 Å². The Bertz CT molecular complexity index is 650. The third-order valence-corrected chi connectivity index (χ3v) is 3.63. The number of benzene rings is 2. The van der Waals surface area contributed by atoms with Crippen molar-refractivity contribution in [1.29, 1.82) is 0 Å². The molecular weight excluding hydrogens is 238 g/mol. The van der Waals surface area contributed by atoms with Crippen LogP contribution in [0.5, 0.6) is 0 Å². The molecule has 17 heavy (non-hydrogen) atoms. The molecule has 0 bridgehead atoms. The Hall–Kier alpha value is -1.43. The normalized spacial score (nSPS) is 11.9. The molecule has 0 radical (unpaired) electrons. The monoisotopic (exact) mass is 251 g/mol. The van der Waals surface area contributed by atoms with Crippen molar-refractivity contribution in [2.75, 3.05) is 6.54 Å². The zero-order valence-electron chi connectivity index (χ0n) is 9.13. The van der Waals surface area contributed by atoms with Gasteiger partial charge >= 0.3 is 0 Å². The van der Waals surface area contributed by atoms with Crippen molar-refractivity contribution < 1.29 is 13.0 Å². The smallest absolute Gasteiger partial charge is 0.295 e. The molecule has 2 aromatic rings. The molecule has 0 unspecified atom stereocenters.